The van der Waals surface area contributed by atoms with Crippen molar-refractivity contribution in [1.29, 1.82) is 0 Å². The van der Waals surface area contributed by atoms with Gasteiger partial charge in [-0.1, -0.05) is 18.2 Å². The molecule has 2 aromatic heterocycles. The summed E-state index contributed by atoms with van der Waals surface area (Å²) in [5.74, 6) is 0.733. The van der Waals surface area contributed by atoms with Crippen molar-refractivity contribution in [3.8, 4) is 11.5 Å². The number of halogens is 2. The summed E-state index contributed by atoms with van der Waals surface area (Å²) in [6, 6.07) is 9.46. The van der Waals surface area contributed by atoms with Gasteiger partial charge in [0.05, 0.1) is 17.8 Å². The number of phenolic OH excluding ortho intramolecular Hbond substituents is 1. The van der Waals surface area contributed by atoms with Gasteiger partial charge in [-0.15, -0.1) is 10.2 Å². The van der Waals surface area contributed by atoms with E-state index in [1.165, 1.54) is 13.3 Å². The van der Waals surface area contributed by atoms with Crippen LogP contribution in [0.2, 0.25) is 0 Å². The van der Waals surface area contributed by atoms with Crippen LogP contribution in [-0.2, 0) is 0 Å². The van der Waals surface area contributed by atoms with Crippen molar-refractivity contribution in [3.05, 3.63) is 44.8 Å². The number of hydrogen-bond donors (Lipinski definition) is 3. The molecule has 136 valence electrons. The molecule has 0 aliphatic carbocycles. The maximum atomic E-state index is 10.2. The van der Waals surface area contributed by atoms with Gasteiger partial charge < -0.3 is 14.8 Å². The molecule has 0 aliphatic rings. The molecule has 0 saturated carbocycles. The Hall–Kier alpha value is -2.72. The lowest BCUT2D eigenvalue weighted by Crippen LogP contribution is -1.99. The van der Waals surface area contributed by atoms with E-state index in [-0.39, 0.29) is 11.7 Å². The van der Waals surface area contributed by atoms with Crippen LogP contribution < -0.4 is 10.2 Å². The second kappa shape index (κ2) is 7.12. The summed E-state index contributed by atoms with van der Waals surface area (Å²) in [6.07, 6.45) is 1.45. The number of aromatic nitrogens is 4. The Balaban J connectivity index is 1.61. The summed E-state index contributed by atoms with van der Waals surface area (Å²) in [4.78, 5) is 7.56. The van der Waals surface area contributed by atoms with E-state index >= 15 is 0 Å². The fraction of sp³-hybridized carbons (Fsp3) is 0.0588. The van der Waals surface area contributed by atoms with Gasteiger partial charge in [-0.3, -0.25) is 0 Å². The smallest absolute Gasteiger partial charge is 0.265 e. The van der Waals surface area contributed by atoms with Crippen LogP contribution in [-0.4, -0.2) is 38.6 Å². The van der Waals surface area contributed by atoms with Crippen LogP contribution in [0, 0.1) is 0 Å². The van der Waals surface area contributed by atoms with Crippen LogP contribution in [0.25, 0.3) is 22.1 Å². The van der Waals surface area contributed by atoms with Gasteiger partial charge >= 0.3 is 0 Å². The number of H-pyrrole nitrogens is 1. The van der Waals surface area contributed by atoms with Gasteiger partial charge in [-0.2, -0.15) is 10.1 Å². The van der Waals surface area contributed by atoms with Crippen LogP contribution in [0.3, 0.4) is 0 Å². The van der Waals surface area contributed by atoms with Gasteiger partial charge in [0, 0.05) is 16.5 Å². The van der Waals surface area contributed by atoms with Gasteiger partial charge in [0.15, 0.2) is 11.4 Å². The van der Waals surface area contributed by atoms with Gasteiger partial charge in [-0.05, 0) is 44.0 Å². The predicted molar refractivity (Wildman–Crippen MR) is 110 cm³/mol. The van der Waals surface area contributed by atoms with Crippen LogP contribution in [0.5, 0.6) is 11.5 Å². The van der Waals surface area contributed by atoms with Gasteiger partial charge in [-0.25, -0.2) is 5.43 Å². The number of hydrazone groups is 1. The fourth-order valence-electron chi connectivity index (χ4n) is 2.62. The van der Waals surface area contributed by atoms with E-state index in [1.54, 1.807) is 6.07 Å². The van der Waals surface area contributed by atoms with E-state index in [1.807, 2.05) is 24.3 Å². The average molecular weight is 492 g/mol. The molecule has 2 heterocycles. The van der Waals surface area contributed by atoms with Crippen molar-refractivity contribution >= 4 is 66.1 Å². The molecule has 0 spiro atoms. The molecule has 0 fully saturated rings. The minimum atomic E-state index is 0.00529. The van der Waals surface area contributed by atoms with Crippen LogP contribution in [0.15, 0.2) is 44.4 Å². The van der Waals surface area contributed by atoms with E-state index in [4.69, 9.17) is 4.74 Å². The quantitative estimate of drug-likeness (QED) is 0.292. The highest BCUT2D eigenvalue weighted by Crippen LogP contribution is 2.41. The standard InChI is InChI=1S/C17H12Br2N6O2/c1-27-15-10(18)6-8(14(26)12(15)19)7-20-24-17-22-16-13(23-25-17)9-4-2-3-5-11(9)21-16/h2-7,26H,1H3,(H2,21,22,24,25). The number of ether oxygens (including phenoxy) is 1. The SMILES string of the molecule is COc1c(Br)cc(C=NNc2nnc3c(n2)[nH]c2ccccc23)c(O)c1Br. The molecule has 8 nitrogen and oxygen atoms in total. The Labute approximate surface area is 169 Å². The number of rotatable bonds is 4. The largest absolute Gasteiger partial charge is 0.506 e. The zero-order valence-electron chi connectivity index (χ0n) is 13.9. The van der Waals surface area contributed by atoms with Gasteiger partial charge in [0.2, 0.25) is 0 Å². The number of hydrogen-bond acceptors (Lipinski definition) is 7. The summed E-state index contributed by atoms with van der Waals surface area (Å²) in [5, 5.41) is 23.5. The molecule has 0 amide bonds. The average Bonchev–Trinajstić information content (AvgIpc) is 3.04. The lowest BCUT2D eigenvalue weighted by atomic mass is 10.2. The Morgan fingerprint density at radius 2 is 2.07 bits per heavy atom. The Bertz CT molecular complexity index is 1190. The normalized spacial score (nSPS) is 11.5. The first-order chi connectivity index (χ1) is 13.1. The van der Waals surface area contributed by atoms with Crippen molar-refractivity contribution in [3.63, 3.8) is 0 Å². The van der Waals surface area contributed by atoms with Crippen molar-refractivity contribution in [2.75, 3.05) is 12.5 Å². The van der Waals surface area contributed by atoms with Crippen LogP contribution in [0.1, 0.15) is 5.56 Å². The summed E-state index contributed by atoms with van der Waals surface area (Å²) >= 11 is 6.68. The van der Waals surface area contributed by atoms with Crippen molar-refractivity contribution in [2.45, 2.75) is 0 Å². The molecular formula is C17H12Br2N6O2. The van der Waals surface area contributed by atoms with Crippen molar-refractivity contribution in [2.24, 2.45) is 5.10 Å². The third kappa shape index (κ3) is 3.21. The topological polar surface area (TPSA) is 108 Å². The monoisotopic (exact) mass is 490 g/mol. The Kier molecular flexibility index (Phi) is 4.66. The highest BCUT2D eigenvalue weighted by molar-refractivity contribution is 9.11. The maximum absolute atomic E-state index is 10.2. The van der Waals surface area contributed by atoms with E-state index in [2.05, 4.69) is 62.6 Å². The Morgan fingerprint density at radius 3 is 2.89 bits per heavy atom. The molecule has 0 radical (unpaired) electrons. The summed E-state index contributed by atoms with van der Waals surface area (Å²) in [6.45, 7) is 0. The second-order valence-electron chi connectivity index (χ2n) is 5.52. The van der Waals surface area contributed by atoms with E-state index in [0.29, 0.717) is 31.4 Å². The molecule has 3 N–H and O–H groups in total. The lowest BCUT2D eigenvalue weighted by Gasteiger charge is -2.09. The maximum Gasteiger partial charge on any atom is 0.265 e. The van der Waals surface area contributed by atoms with Gasteiger partial charge in [0.25, 0.3) is 5.95 Å². The molecule has 0 saturated heterocycles. The number of aromatic amines is 1. The molecule has 4 rings (SSSR count). The number of nitrogens with one attached hydrogen (secondary N) is 2. The first-order valence-corrected chi connectivity index (χ1v) is 9.32. The number of fused-ring (bicyclic) bond motifs is 3. The zero-order valence-corrected chi connectivity index (χ0v) is 17.0. The number of aromatic hydroxyl groups is 1. The minimum absolute atomic E-state index is 0.00529. The number of phenols is 1. The molecule has 0 atom stereocenters. The number of anilines is 1. The number of para-hydroxylation sites is 1. The first kappa shape index (κ1) is 17.7. The summed E-state index contributed by atoms with van der Waals surface area (Å²) in [7, 11) is 1.52. The summed E-state index contributed by atoms with van der Waals surface area (Å²) < 4.78 is 6.31. The summed E-state index contributed by atoms with van der Waals surface area (Å²) in [5.41, 5.74) is 5.44. The molecule has 0 unspecified atom stereocenters. The number of benzene rings is 2. The van der Waals surface area contributed by atoms with Crippen molar-refractivity contribution in [1.82, 2.24) is 20.2 Å². The van der Waals surface area contributed by atoms with E-state index in [0.717, 1.165) is 10.9 Å². The first-order valence-electron chi connectivity index (χ1n) is 7.73. The highest BCUT2D eigenvalue weighted by Gasteiger charge is 2.14. The molecule has 2 aromatic carbocycles. The Morgan fingerprint density at radius 1 is 1.26 bits per heavy atom. The zero-order chi connectivity index (χ0) is 19.0. The highest BCUT2D eigenvalue weighted by atomic mass is 79.9. The predicted octanol–water partition coefficient (Wildman–Crippen LogP) is 4.19. The second-order valence-corrected chi connectivity index (χ2v) is 7.16. The lowest BCUT2D eigenvalue weighted by molar-refractivity contribution is 0.400. The minimum Gasteiger partial charge on any atom is -0.506 e. The van der Waals surface area contributed by atoms with Crippen LogP contribution in [0.4, 0.5) is 5.95 Å². The number of methoxy groups -OCH3 is 1. The molecule has 27 heavy (non-hydrogen) atoms. The number of nitrogens with zero attached hydrogens (tertiary/aromatic N) is 4. The fourth-order valence-corrected chi connectivity index (χ4v) is 4.10. The molecule has 0 bridgehead atoms. The molecular weight excluding hydrogens is 480 g/mol. The third-order valence-corrected chi connectivity index (χ3v) is 5.20. The van der Waals surface area contributed by atoms with E-state index in [9.17, 15) is 5.11 Å². The van der Waals surface area contributed by atoms with Gasteiger partial charge in [0.1, 0.15) is 15.7 Å². The van der Waals surface area contributed by atoms with E-state index < -0.39 is 0 Å². The molecule has 10 heteroatoms. The molecule has 0 aliphatic heterocycles. The molecule has 4 aromatic rings. The van der Waals surface area contributed by atoms with Crippen molar-refractivity contribution < 1.29 is 9.84 Å². The van der Waals surface area contributed by atoms with Crippen LogP contribution >= 0.6 is 31.9 Å². The third-order valence-electron chi connectivity index (χ3n) is 3.87.